The van der Waals surface area contributed by atoms with Crippen LogP contribution < -0.4 is 5.73 Å². The van der Waals surface area contributed by atoms with E-state index in [4.69, 9.17) is 10.5 Å². The summed E-state index contributed by atoms with van der Waals surface area (Å²) in [5.41, 5.74) is 8.70. The summed E-state index contributed by atoms with van der Waals surface area (Å²) in [5.74, 6) is 0. The Labute approximate surface area is 139 Å². The lowest BCUT2D eigenvalue weighted by molar-refractivity contribution is 0.00461. The van der Waals surface area contributed by atoms with Crippen molar-refractivity contribution in [2.75, 3.05) is 25.4 Å². The molecule has 1 aromatic carbocycles. The molecule has 0 aromatic heterocycles. The van der Waals surface area contributed by atoms with Gasteiger partial charge in [-0.05, 0) is 51.8 Å². The van der Waals surface area contributed by atoms with Crippen LogP contribution in [0.25, 0.3) is 0 Å². The molecule has 1 amide bonds. The Bertz CT molecular complexity index is 566. The molecule has 2 rings (SSSR count). The number of anilines is 1. The van der Waals surface area contributed by atoms with Crippen molar-refractivity contribution in [3.8, 4) is 0 Å². The highest BCUT2D eigenvalue weighted by Crippen LogP contribution is 2.19. The average molecular weight is 319 g/mol. The van der Waals surface area contributed by atoms with E-state index in [0.717, 1.165) is 24.3 Å². The smallest absolute Gasteiger partial charge is 0.410 e. The van der Waals surface area contributed by atoms with E-state index < -0.39 is 5.60 Å². The van der Waals surface area contributed by atoms with E-state index in [0.29, 0.717) is 19.1 Å². The normalized spacial score (nSPS) is 19.7. The van der Waals surface area contributed by atoms with Crippen molar-refractivity contribution in [3.05, 3.63) is 29.3 Å². The summed E-state index contributed by atoms with van der Waals surface area (Å²) in [6.07, 6.45) is -0.219. The second kappa shape index (κ2) is 6.79. The maximum absolute atomic E-state index is 12.2. The molecule has 1 heterocycles. The van der Waals surface area contributed by atoms with Crippen LogP contribution in [0.5, 0.6) is 0 Å². The van der Waals surface area contributed by atoms with E-state index in [2.05, 4.69) is 24.0 Å². The van der Waals surface area contributed by atoms with Gasteiger partial charge in [0.25, 0.3) is 0 Å². The average Bonchev–Trinajstić information content (AvgIpc) is 2.43. The summed E-state index contributed by atoms with van der Waals surface area (Å²) in [6, 6.07) is 6.52. The molecule has 1 saturated heterocycles. The Morgan fingerprint density at radius 3 is 2.61 bits per heavy atom. The van der Waals surface area contributed by atoms with Gasteiger partial charge in [0.2, 0.25) is 0 Å². The molecule has 128 valence electrons. The number of carbonyl (C=O) groups excluding carboxylic acids is 1. The second-order valence-electron chi connectivity index (χ2n) is 7.44. The van der Waals surface area contributed by atoms with E-state index >= 15 is 0 Å². The van der Waals surface area contributed by atoms with Gasteiger partial charge in [-0.1, -0.05) is 12.1 Å². The van der Waals surface area contributed by atoms with Gasteiger partial charge in [0, 0.05) is 37.9 Å². The minimum absolute atomic E-state index is 0.219. The zero-order chi connectivity index (χ0) is 17.2. The first kappa shape index (κ1) is 17.6. The predicted octanol–water partition coefficient (Wildman–Crippen LogP) is 3.02. The van der Waals surface area contributed by atoms with Crippen molar-refractivity contribution < 1.29 is 9.53 Å². The van der Waals surface area contributed by atoms with Crippen molar-refractivity contribution in [1.29, 1.82) is 0 Å². The summed E-state index contributed by atoms with van der Waals surface area (Å²) in [5, 5.41) is 0. The number of nitrogen functional groups attached to an aromatic ring is 1. The maximum atomic E-state index is 12.2. The lowest BCUT2D eigenvalue weighted by Crippen LogP contribution is -2.54. The number of amides is 1. The molecule has 1 aliphatic rings. The first-order valence-electron chi connectivity index (χ1n) is 8.22. The van der Waals surface area contributed by atoms with Crippen LogP contribution in [0.1, 0.15) is 38.8 Å². The third-order valence-electron chi connectivity index (χ3n) is 4.15. The minimum atomic E-state index is -0.448. The molecule has 0 spiro atoms. The van der Waals surface area contributed by atoms with E-state index in [1.165, 1.54) is 5.56 Å². The first-order chi connectivity index (χ1) is 10.7. The highest BCUT2D eigenvalue weighted by molar-refractivity contribution is 5.68. The van der Waals surface area contributed by atoms with Crippen molar-refractivity contribution >= 4 is 11.8 Å². The van der Waals surface area contributed by atoms with E-state index in [-0.39, 0.29) is 6.09 Å². The SMILES string of the molecule is Cc1ccc(CN2CCN(C(=O)OC(C)(C)C)CC2C)cc1N. The molecule has 0 aliphatic carbocycles. The number of carbonyl (C=O) groups is 1. The monoisotopic (exact) mass is 319 g/mol. The molecule has 1 aliphatic heterocycles. The summed E-state index contributed by atoms with van der Waals surface area (Å²) in [6.45, 7) is 12.9. The number of nitrogens with two attached hydrogens (primary N) is 1. The van der Waals surface area contributed by atoms with Crippen molar-refractivity contribution in [2.45, 2.75) is 52.8 Å². The van der Waals surface area contributed by atoms with Crippen LogP contribution in [0, 0.1) is 6.92 Å². The van der Waals surface area contributed by atoms with Gasteiger partial charge in [0.15, 0.2) is 0 Å². The molecule has 1 aromatic rings. The second-order valence-corrected chi connectivity index (χ2v) is 7.44. The minimum Gasteiger partial charge on any atom is -0.444 e. The lowest BCUT2D eigenvalue weighted by atomic mass is 10.1. The Morgan fingerprint density at radius 1 is 1.35 bits per heavy atom. The Kier molecular flexibility index (Phi) is 5.19. The highest BCUT2D eigenvalue weighted by Gasteiger charge is 2.29. The van der Waals surface area contributed by atoms with Gasteiger partial charge in [-0.15, -0.1) is 0 Å². The van der Waals surface area contributed by atoms with Gasteiger partial charge in [-0.3, -0.25) is 4.90 Å². The van der Waals surface area contributed by atoms with Gasteiger partial charge in [0.1, 0.15) is 5.60 Å². The molecule has 1 unspecified atom stereocenters. The molecule has 23 heavy (non-hydrogen) atoms. The summed E-state index contributed by atoms with van der Waals surface area (Å²) in [4.78, 5) is 16.4. The first-order valence-corrected chi connectivity index (χ1v) is 8.22. The number of piperazine rings is 1. The van der Waals surface area contributed by atoms with Gasteiger partial charge in [0.05, 0.1) is 0 Å². The van der Waals surface area contributed by atoms with Gasteiger partial charge < -0.3 is 15.4 Å². The van der Waals surface area contributed by atoms with Crippen molar-refractivity contribution in [1.82, 2.24) is 9.80 Å². The molecule has 0 saturated carbocycles. The lowest BCUT2D eigenvalue weighted by Gasteiger charge is -2.40. The summed E-state index contributed by atoms with van der Waals surface area (Å²) < 4.78 is 5.46. The molecule has 2 N–H and O–H groups in total. The topological polar surface area (TPSA) is 58.8 Å². The third-order valence-corrected chi connectivity index (χ3v) is 4.15. The standard InChI is InChI=1S/C18H29N3O2/c1-13-6-7-15(10-16(13)19)12-20-8-9-21(11-14(20)2)17(22)23-18(3,4)5/h6-7,10,14H,8-9,11-12,19H2,1-5H3. The number of nitrogens with zero attached hydrogens (tertiary/aromatic N) is 2. The van der Waals surface area contributed by atoms with Crippen LogP contribution in [0.15, 0.2) is 18.2 Å². The van der Waals surface area contributed by atoms with Crippen molar-refractivity contribution in [2.24, 2.45) is 0 Å². The van der Waals surface area contributed by atoms with E-state index in [1.54, 1.807) is 4.90 Å². The zero-order valence-corrected chi connectivity index (χ0v) is 14.9. The Balaban J connectivity index is 1.93. The number of aryl methyl sites for hydroxylation is 1. The number of ether oxygens (including phenoxy) is 1. The fourth-order valence-corrected chi connectivity index (χ4v) is 2.75. The predicted molar refractivity (Wildman–Crippen MR) is 93.3 cm³/mol. The van der Waals surface area contributed by atoms with Crippen LogP contribution in [0.4, 0.5) is 10.5 Å². The molecule has 1 fully saturated rings. The van der Waals surface area contributed by atoms with E-state index in [9.17, 15) is 4.79 Å². The Hall–Kier alpha value is -1.75. The molecule has 1 atom stereocenters. The van der Waals surface area contributed by atoms with Crippen LogP contribution in [0.3, 0.4) is 0 Å². The van der Waals surface area contributed by atoms with Crippen LogP contribution in [0.2, 0.25) is 0 Å². The van der Waals surface area contributed by atoms with Crippen LogP contribution in [-0.4, -0.2) is 47.2 Å². The zero-order valence-electron chi connectivity index (χ0n) is 14.9. The fraction of sp³-hybridized carbons (Fsp3) is 0.611. The van der Waals surface area contributed by atoms with Gasteiger partial charge >= 0.3 is 6.09 Å². The largest absolute Gasteiger partial charge is 0.444 e. The van der Waals surface area contributed by atoms with Gasteiger partial charge in [-0.2, -0.15) is 0 Å². The maximum Gasteiger partial charge on any atom is 0.410 e. The molecular formula is C18H29N3O2. The van der Waals surface area contributed by atoms with Gasteiger partial charge in [-0.25, -0.2) is 4.79 Å². The van der Waals surface area contributed by atoms with Crippen LogP contribution in [-0.2, 0) is 11.3 Å². The van der Waals surface area contributed by atoms with Crippen LogP contribution >= 0.6 is 0 Å². The molecule has 0 radical (unpaired) electrons. The molecule has 5 nitrogen and oxygen atoms in total. The number of benzene rings is 1. The number of rotatable bonds is 2. The third kappa shape index (κ3) is 4.86. The van der Waals surface area contributed by atoms with E-state index in [1.807, 2.05) is 33.8 Å². The number of hydrogen-bond donors (Lipinski definition) is 1. The Morgan fingerprint density at radius 2 is 2.04 bits per heavy atom. The molecule has 0 bridgehead atoms. The summed E-state index contributed by atoms with van der Waals surface area (Å²) in [7, 11) is 0. The summed E-state index contributed by atoms with van der Waals surface area (Å²) >= 11 is 0. The quantitative estimate of drug-likeness (QED) is 0.851. The number of hydrogen-bond acceptors (Lipinski definition) is 4. The molecule has 5 heteroatoms. The van der Waals surface area contributed by atoms with Crippen molar-refractivity contribution in [3.63, 3.8) is 0 Å². The molecular weight excluding hydrogens is 290 g/mol. The fourth-order valence-electron chi connectivity index (χ4n) is 2.75. The highest BCUT2D eigenvalue weighted by atomic mass is 16.6.